The Labute approximate surface area is 193 Å². The molecule has 1 saturated carbocycles. The van der Waals surface area contributed by atoms with Gasteiger partial charge in [0, 0.05) is 30.3 Å². The van der Waals surface area contributed by atoms with Crippen LogP contribution >= 0.6 is 0 Å². The van der Waals surface area contributed by atoms with Crippen LogP contribution in [0, 0.1) is 13.8 Å². The predicted molar refractivity (Wildman–Crippen MR) is 128 cm³/mol. The van der Waals surface area contributed by atoms with E-state index in [1.807, 2.05) is 45.9 Å². The first kappa shape index (κ1) is 26.3. The van der Waals surface area contributed by atoms with Gasteiger partial charge in [-0.2, -0.15) is 0 Å². The van der Waals surface area contributed by atoms with Gasteiger partial charge in [0.25, 0.3) is 0 Å². The molecule has 1 aliphatic rings. The highest BCUT2D eigenvalue weighted by atomic mass is 32.2. The Hall–Kier alpha value is -1.96. The SMILES string of the molecule is CC.Cc1cc(C)[n+](O)c(C(CNS(C)(=O)=O)COC2CCC(c3ccccc3)CC2)c1. The summed E-state index contributed by atoms with van der Waals surface area (Å²) >= 11 is 0. The highest BCUT2D eigenvalue weighted by Crippen LogP contribution is 2.34. The largest absolute Gasteiger partial charge is 0.377 e. The van der Waals surface area contributed by atoms with Crippen molar-refractivity contribution < 1.29 is 23.1 Å². The van der Waals surface area contributed by atoms with Crippen molar-refractivity contribution in [1.29, 1.82) is 0 Å². The summed E-state index contributed by atoms with van der Waals surface area (Å²) in [6, 6.07) is 14.4. The van der Waals surface area contributed by atoms with Gasteiger partial charge in [0.05, 0.1) is 24.9 Å². The lowest BCUT2D eigenvalue weighted by Crippen LogP contribution is -2.43. The number of aryl methyl sites for hydroxylation is 2. The number of pyridine rings is 1. The maximum absolute atomic E-state index is 11.6. The van der Waals surface area contributed by atoms with Crippen molar-refractivity contribution in [1.82, 2.24) is 4.72 Å². The smallest absolute Gasteiger partial charge is 0.241 e. The molecule has 1 atom stereocenters. The highest BCUT2D eigenvalue weighted by molar-refractivity contribution is 7.88. The maximum atomic E-state index is 11.6. The molecule has 1 fully saturated rings. The van der Waals surface area contributed by atoms with Gasteiger partial charge < -0.3 is 4.74 Å². The van der Waals surface area contributed by atoms with Gasteiger partial charge >= 0.3 is 0 Å². The van der Waals surface area contributed by atoms with E-state index in [-0.39, 0.29) is 18.6 Å². The molecule has 0 amide bonds. The van der Waals surface area contributed by atoms with E-state index in [2.05, 4.69) is 29.0 Å². The number of nitrogens with one attached hydrogen (secondary N) is 1. The van der Waals surface area contributed by atoms with Crippen LogP contribution in [0.4, 0.5) is 0 Å². The van der Waals surface area contributed by atoms with Gasteiger partial charge in [-0.25, -0.2) is 13.1 Å². The van der Waals surface area contributed by atoms with E-state index < -0.39 is 10.0 Å². The van der Waals surface area contributed by atoms with Crippen LogP contribution < -0.4 is 9.45 Å². The molecule has 0 saturated heterocycles. The van der Waals surface area contributed by atoms with Gasteiger partial charge in [-0.1, -0.05) is 44.2 Å². The molecule has 0 bridgehead atoms. The summed E-state index contributed by atoms with van der Waals surface area (Å²) < 4.78 is 33.2. The van der Waals surface area contributed by atoms with Gasteiger partial charge in [0.1, 0.15) is 0 Å². The third-order valence-corrected chi connectivity index (χ3v) is 6.57. The van der Waals surface area contributed by atoms with Gasteiger partial charge in [-0.3, -0.25) is 5.21 Å². The average molecular weight is 464 g/mol. The van der Waals surface area contributed by atoms with Crippen LogP contribution in [-0.4, -0.2) is 39.1 Å². The van der Waals surface area contributed by atoms with E-state index in [0.717, 1.165) is 42.2 Å². The third-order valence-electron chi connectivity index (χ3n) is 5.88. The standard InChI is InChI=1S/C23H33N2O4S.C2H6/c1-17-13-18(2)25(26)23(14-17)21(15-24-30(3,27)28)16-29-22-11-9-20(10-12-22)19-7-5-4-6-8-19;1-2/h4-8,13-14,20-22,24,26H,9-12,15-16H2,1-3H3;1-2H3/q+1;. The molecule has 0 aliphatic heterocycles. The second-order valence-corrected chi connectivity index (χ2v) is 10.3. The van der Waals surface area contributed by atoms with Gasteiger partial charge in [0.2, 0.25) is 21.4 Å². The van der Waals surface area contributed by atoms with E-state index in [4.69, 9.17) is 4.74 Å². The van der Waals surface area contributed by atoms with Crippen molar-refractivity contribution in [3.63, 3.8) is 0 Å². The van der Waals surface area contributed by atoms with Crippen LogP contribution in [0.15, 0.2) is 42.5 Å². The average Bonchev–Trinajstić information content (AvgIpc) is 2.78. The van der Waals surface area contributed by atoms with E-state index >= 15 is 0 Å². The Morgan fingerprint density at radius 3 is 2.31 bits per heavy atom. The zero-order valence-corrected chi connectivity index (χ0v) is 20.9. The van der Waals surface area contributed by atoms with E-state index in [1.54, 1.807) is 0 Å². The number of benzene rings is 1. The third kappa shape index (κ3) is 7.87. The number of ether oxygens (including phenoxy) is 1. The second-order valence-electron chi connectivity index (χ2n) is 8.45. The molecule has 32 heavy (non-hydrogen) atoms. The van der Waals surface area contributed by atoms with Crippen molar-refractivity contribution in [2.45, 2.75) is 71.3 Å². The van der Waals surface area contributed by atoms with Gasteiger partial charge in [0.15, 0.2) is 0 Å². The van der Waals surface area contributed by atoms with Crippen molar-refractivity contribution >= 4 is 10.0 Å². The molecule has 3 rings (SSSR count). The topological polar surface area (TPSA) is 79.5 Å². The fourth-order valence-corrected chi connectivity index (χ4v) is 4.77. The van der Waals surface area contributed by atoms with Crippen LogP contribution in [0.3, 0.4) is 0 Å². The van der Waals surface area contributed by atoms with Crippen molar-refractivity contribution in [3.05, 3.63) is 65.0 Å². The van der Waals surface area contributed by atoms with Crippen LogP contribution in [0.2, 0.25) is 0 Å². The molecule has 7 heteroatoms. The van der Waals surface area contributed by atoms with Gasteiger partial charge in [-0.05, 0) is 49.7 Å². The Kier molecular flexibility index (Phi) is 10.1. The fourth-order valence-electron chi connectivity index (χ4n) is 4.26. The molecule has 6 nitrogen and oxygen atoms in total. The van der Waals surface area contributed by atoms with E-state index in [9.17, 15) is 13.6 Å². The Morgan fingerprint density at radius 2 is 1.72 bits per heavy atom. The maximum Gasteiger partial charge on any atom is 0.241 e. The fraction of sp³-hybridized carbons (Fsp3) is 0.560. The number of aromatic nitrogens is 1. The summed E-state index contributed by atoms with van der Waals surface area (Å²) in [5.74, 6) is 0.294. The number of hydrogen-bond donors (Lipinski definition) is 2. The Bertz CT molecular complexity index is 940. The quantitative estimate of drug-likeness (QED) is 0.454. The Morgan fingerprint density at radius 1 is 1.09 bits per heavy atom. The summed E-state index contributed by atoms with van der Waals surface area (Å²) in [6.07, 6.45) is 5.44. The van der Waals surface area contributed by atoms with E-state index in [0.29, 0.717) is 23.9 Å². The minimum absolute atomic E-state index is 0.156. The molecular formula is C25H39N2O4S+. The Balaban J connectivity index is 0.00000176. The second kappa shape index (κ2) is 12.3. The first-order valence-corrected chi connectivity index (χ1v) is 13.5. The molecule has 0 spiro atoms. The first-order valence-electron chi connectivity index (χ1n) is 11.6. The molecule has 2 aromatic rings. The predicted octanol–water partition coefficient (Wildman–Crippen LogP) is 4.23. The summed E-state index contributed by atoms with van der Waals surface area (Å²) in [4.78, 5) is 0. The monoisotopic (exact) mass is 463 g/mol. The molecule has 1 aliphatic carbocycles. The molecule has 1 aromatic carbocycles. The van der Waals surface area contributed by atoms with Gasteiger partial charge in [-0.15, -0.1) is 0 Å². The zero-order chi connectivity index (χ0) is 23.7. The highest BCUT2D eigenvalue weighted by Gasteiger charge is 2.29. The van der Waals surface area contributed by atoms with Crippen LogP contribution in [0.25, 0.3) is 0 Å². The summed E-state index contributed by atoms with van der Waals surface area (Å²) in [7, 11) is -3.34. The normalized spacial score (nSPS) is 19.7. The molecular weight excluding hydrogens is 424 g/mol. The lowest BCUT2D eigenvalue weighted by molar-refractivity contribution is -0.914. The lowest BCUT2D eigenvalue weighted by Gasteiger charge is -2.29. The molecule has 1 aromatic heterocycles. The number of sulfonamides is 1. The summed E-state index contributed by atoms with van der Waals surface area (Å²) in [5.41, 5.74) is 3.77. The summed E-state index contributed by atoms with van der Waals surface area (Å²) in [6.45, 7) is 8.32. The number of rotatable bonds is 8. The van der Waals surface area contributed by atoms with Crippen molar-refractivity contribution in [2.24, 2.45) is 0 Å². The first-order chi connectivity index (χ1) is 15.2. The summed E-state index contributed by atoms with van der Waals surface area (Å²) in [5, 5.41) is 10.5. The zero-order valence-electron chi connectivity index (χ0n) is 20.0. The lowest BCUT2D eigenvalue weighted by atomic mass is 9.83. The minimum atomic E-state index is -3.34. The molecule has 178 valence electrons. The molecule has 2 N–H and O–H groups in total. The van der Waals surface area contributed by atoms with Crippen molar-refractivity contribution in [2.75, 3.05) is 19.4 Å². The number of hydrogen-bond acceptors (Lipinski definition) is 4. The van der Waals surface area contributed by atoms with Crippen LogP contribution in [0.1, 0.15) is 73.9 Å². The van der Waals surface area contributed by atoms with Crippen LogP contribution in [-0.2, 0) is 14.8 Å². The van der Waals surface area contributed by atoms with E-state index in [1.165, 1.54) is 5.56 Å². The molecule has 1 unspecified atom stereocenters. The van der Waals surface area contributed by atoms with Crippen molar-refractivity contribution in [3.8, 4) is 0 Å². The molecule has 1 heterocycles. The van der Waals surface area contributed by atoms with Crippen LogP contribution in [0.5, 0.6) is 0 Å². The molecule has 0 radical (unpaired) electrons. The minimum Gasteiger partial charge on any atom is -0.377 e. The number of nitrogens with zero attached hydrogens (tertiary/aromatic N) is 1.